The molecule has 0 aliphatic rings. The van der Waals surface area contributed by atoms with Gasteiger partial charge in [-0.05, 0) is 38.5 Å². The van der Waals surface area contributed by atoms with Crippen LogP contribution >= 0.6 is 0 Å². The lowest BCUT2D eigenvalue weighted by molar-refractivity contribution is 0.586. The summed E-state index contributed by atoms with van der Waals surface area (Å²) >= 11 is 0. The van der Waals surface area contributed by atoms with Gasteiger partial charge in [0.1, 0.15) is 29.1 Å². The smallest absolute Gasteiger partial charge is 0.149 e. The third kappa shape index (κ3) is 4.78. The molecule has 1 heterocycles. The maximum absolute atomic E-state index is 14.0. The van der Waals surface area contributed by atoms with Gasteiger partial charge >= 0.3 is 0 Å². The third-order valence-corrected chi connectivity index (χ3v) is 4.13. The maximum atomic E-state index is 14.0. The van der Waals surface area contributed by atoms with Gasteiger partial charge in [0.05, 0.1) is 5.69 Å². The molecule has 0 saturated heterocycles. The summed E-state index contributed by atoms with van der Waals surface area (Å²) in [6, 6.07) is 15.5. The summed E-state index contributed by atoms with van der Waals surface area (Å²) in [7, 11) is 0. The van der Waals surface area contributed by atoms with Crippen molar-refractivity contribution in [3.63, 3.8) is 0 Å². The van der Waals surface area contributed by atoms with E-state index in [9.17, 15) is 8.78 Å². The number of nitrogens with zero attached hydrogens (tertiary/aromatic N) is 3. The average Bonchev–Trinajstić information content (AvgIpc) is 2.62. The first-order valence-corrected chi connectivity index (χ1v) is 8.80. The molecule has 3 aromatic rings. The van der Waals surface area contributed by atoms with Gasteiger partial charge in [0.15, 0.2) is 0 Å². The van der Waals surface area contributed by atoms with Crippen LogP contribution in [0.25, 0.3) is 0 Å². The van der Waals surface area contributed by atoms with Gasteiger partial charge in [0.25, 0.3) is 0 Å². The van der Waals surface area contributed by atoms with Gasteiger partial charge in [-0.15, -0.1) is 0 Å². The Morgan fingerprint density at radius 2 is 1.74 bits per heavy atom. The minimum atomic E-state index is -0.669. The zero-order valence-electron chi connectivity index (χ0n) is 15.6. The van der Waals surface area contributed by atoms with Gasteiger partial charge in [-0.3, -0.25) is 0 Å². The quantitative estimate of drug-likeness (QED) is 0.647. The number of aromatic nitrogens is 2. The first kappa shape index (κ1) is 18.8. The van der Waals surface area contributed by atoms with Crippen LogP contribution in [-0.4, -0.2) is 16.0 Å². The predicted octanol–water partition coefficient (Wildman–Crippen LogP) is 5.22. The molecule has 0 amide bonds. The molecule has 27 heavy (non-hydrogen) atoms. The fourth-order valence-corrected chi connectivity index (χ4v) is 2.80. The Bertz CT molecular complexity index is 913. The van der Waals surface area contributed by atoms with Gasteiger partial charge in [-0.25, -0.2) is 18.7 Å². The van der Waals surface area contributed by atoms with E-state index in [0.29, 0.717) is 18.2 Å². The Balaban J connectivity index is 1.90. The van der Waals surface area contributed by atoms with Gasteiger partial charge in [-0.2, -0.15) is 0 Å². The van der Waals surface area contributed by atoms with Crippen LogP contribution in [0.4, 0.5) is 26.1 Å². The van der Waals surface area contributed by atoms with Crippen molar-refractivity contribution >= 4 is 17.3 Å². The lowest BCUT2D eigenvalue weighted by atomic mass is 10.2. The van der Waals surface area contributed by atoms with E-state index in [-0.39, 0.29) is 11.7 Å². The molecule has 0 atom stereocenters. The number of aryl methyl sites for hydroxylation is 1. The fourth-order valence-electron chi connectivity index (χ4n) is 2.80. The Hall–Kier alpha value is -3.02. The molecule has 1 aromatic heterocycles. The van der Waals surface area contributed by atoms with E-state index < -0.39 is 11.6 Å². The number of anilines is 3. The molecular formula is C21H22F2N4. The van der Waals surface area contributed by atoms with Crippen molar-refractivity contribution in [1.82, 2.24) is 9.97 Å². The molecule has 6 heteroatoms. The molecule has 0 bridgehead atoms. The molecule has 0 aliphatic heterocycles. The minimum Gasteiger partial charge on any atom is -0.350 e. The van der Waals surface area contributed by atoms with E-state index >= 15 is 0 Å². The molecule has 140 valence electrons. The molecule has 0 saturated carbocycles. The summed E-state index contributed by atoms with van der Waals surface area (Å²) in [5.74, 6) is 0.480. The van der Waals surface area contributed by atoms with Crippen molar-refractivity contribution in [2.45, 2.75) is 33.4 Å². The molecule has 0 spiro atoms. The number of hydrogen-bond donors (Lipinski definition) is 1. The highest BCUT2D eigenvalue weighted by atomic mass is 19.1. The lowest BCUT2D eigenvalue weighted by Crippen LogP contribution is -2.31. The van der Waals surface area contributed by atoms with E-state index in [2.05, 4.69) is 46.2 Å². The monoisotopic (exact) mass is 368 g/mol. The average molecular weight is 368 g/mol. The first-order valence-electron chi connectivity index (χ1n) is 8.80. The van der Waals surface area contributed by atoms with Gasteiger partial charge < -0.3 is 10.2 Å². The second-order valence-corrected chi connectivity index (χ2v) is 6.62. The molecule has 0 fully saturated rings. The molecule has 0 aliphatic carbocycles. The summed E-state index contributed by atoms with van der Waals surface area (Å²) < 4.78 is 27.1. The number of rotatable bonds is 6. The van der Waals surface area contributed by atoms with Gasteiger partial charge in [-0.1, -0.05) is 30.3 Å². The maximum Gasteiger partial charge on any atom is 0.149 e. The predicted molar refractivity (Wildman–Crippen MR) is 104 cm³/mol. The Morgan fingerprint density at radius 1 is 1.00 bits per heavy atom. The molecule has 4 nitrogen and oxygen atoms in total. The summed E-state index contributed by atoms with van der Waals surface area (Å²) in [6.45, 7) is 6.66. The van der Waals surface area contributed by atoms with Crippen molar-refractivity contribution in [1.29, 1.82) is 0 Å². The van der Waals surface area contributed by atoms with Crippen LogP contribution in [0.5, 0.6) is 0 Å². The number of nitrogens with one attached hydrogen (secondary N) is 1. The van der Waals surface area contributed by atoms with Crippen LogP contribution in [0.2, 0.25) is 0 Å². The van der Waals surface area contributed by atoms with Crippen LogP contribution in [0.15, 0.2) is 54.6 Å². The van der Waals surface area contributed by atoms with Crippen LogP contribution in [0.1, 0.15) is 25.2 Å². The summed E-state index contributed by atoms with van der Waals surface area (Å²) in [5.41, 5.74) is 1.33. The van der Waals surface area contributed by atoms with E-state index in [1.807, 2.05) is 18.2 Å². The second-order valence-electron chi connectivity index (χ2n) is 6.62. The third-order valence-electron chi connectivity index (χ3n) is 4.13. The molecule has 3 rings (SSSR count). The van der Waals surface area contributed by atoms with Crippen LogP contribution < -0.4 is 10.2 Å². The standard InChI is InChI=1S/C21H22F2N4/c1-14(2)27(13-16-7-5-4-6-8-16)21-12-20(24-15(3)25-21)26-19-10-9-17(22)11-18(19)23/h4-12,14H,13H2,1-3H3,(H,24,25,26). The largest absolute Gasteiger partial charge is 0.350 e. The highest BCUT2D eigenvalue weighted by Gasteiger charge is 2.15. The number of benzene rings is 2. The van der Waals surface area contributed by atoms with Gasteiger partial charge in [0.2, 0.25) is 0 Å². The molecular weight excluding hydrogens is 346 g/mol. The highest BCUT2D eigenvalue weighted by Crippen LogP contribution is 2.24. The zero-order chi connectivity index (χ0) is 19.4. The van der Waals surface area contributed by atoms with Crippen molar-refractivity contribution in [3.05, 3.63) is 77.6 Å². The Kier molecular flexibility index (Phi) is 5.64. The number of halogens is 2. The Morgan fingerprint density at radius 3 is 2.41 bits per heavy atom. The minimum absolute atomic E-state index is 0.166. The van der Waals surface area contributed by atoms with E-state index in [1.54, 1.807) is 13.0 Å². The molecule has 0 unspecified atom stereocenters. The topological polar surface area (TPSA) is 41.1 Å². The van der Waals surface area contributed by atoms with Crippen LogP contribution in [-0.2, 0) is 6.54 Å². The Labute approximate surface area is 157 Å². The summed E-state index contributed by atoms with van der Waals surface area (Å²) in [4.78, 5) is 11.0. The molecule has 0 radical (unpaired) electrons. The van der Waals surface area contributed by atoms with Gasteiger partial charge in [0, 0.05) is 24.7 Å². The van der Waals surface area contributed by atoms with Crippen molar-refractivity contribution in [2.75, 3.05) is 10.2 Å². The second kappa shape index (κ2) is 8.12. The van der Waals surface area contributed by atoms with E-state index in [4.69, 9.17) is 0 Å². The van der Waals surface area contributed by atoms with Crippen molar-refractivity contribution in [2.24, 2.45) is 0 Å². The van der Waals surface area contributed by atoms with Crippen LogP contribution in [0.3, 0.4) is 0 Å². The van der Waals surface area contributed by atoms with E-state index in [1.165, 1.54) is 17.7 Å². The zero-order valence-corrected chi connectivity index (χ0v) is 15.6. The van der Waals surface area contributed by atoms with E-state index in [0.717, 1.165) is 11.9 Å². The highest BCUT2D eigenvalue weighted by molar-refractivity contribution is 5.60. The summed E-state index contributed by atoms with van der Waals surface area (Å²) in [5, 5.41) is 2.92. The SMILES string of the molecule is Cc1nc(Nc2ccc(F)cc2F)cc(N(Cc2ccccc2)C(C)C)n1. The fraction of sp³-hybridized carbons (Fsp3) is 0.238. The molecule has 2 aromatic carbocycles. The first-order chi connectivity index (χ1) is 12.9. The van der Waals surface area contributed by atoms with Crippen LogP contribution in [0, 0.1) is 18.6 Å². The normalized spacial score (nSPS) is 10.9. The molecule has 1 N–H and O–H groups in total. The number of hydrogen-bond acceptors (Lipinski definition) is 4. The lowest BCUT2D eigenvalue weighted by Gasteiger charge is -2.28. The summed E-state index contributed by atoms with van der Waals surface area (Å²) in [6.07, 6.45) is 0. The van der Waals surface area contributed by atoms with Crippen molar-refractivity contribution in [3.8, 4) is 0 Å². The van der Waals surface area contributed by atoms with Crippen molar-refractivity contribution < 1.29 is 8.78 Å².